The predicted octanol–water partition coefficient (Wildman–Crippen LogP) is 9.17. The average molecular weight is 1050 g/mol. The fraction of sp³-hybridized carbons (Fsp3) is 0.525. The molecule has 9 rings (SSSR count). The molecule has 1 unspecified atom stereocenters. The van der Waals surface area contributed by atoms with Crippen LogP contribution in [0.3, 0.4) is 0 Å². The Morgan fingerprint density at radius 3 is 2.51 bits per heavy atom. The number of hydrazine groups is 1. The van der Waals surface area contributed by atoms with Crippen LogP contribution in [-0.4, -0.2) is 138 Å². The van der Waals surface area contributed by atoms with Crippen molar-refractivity contribution in [2.24, 2.45) is 11.3 Å². The molecule has 4 aliphatic rings. The molecule has 2 amide bonds. The van der Waals surface area contributed by atoms with Crippen LogP contribution >= 0.6 is 0 Å². The molecule has 14 nitrogen and oxygen atoms in total. The number of likely N-dealkylation sites (N-methyl/N-ethyl adjacent to an activating group) is 1. The summed E-state index contributed by atoms with van der Waals surface area (Å²) in [5.41, 5.74) is 8.98. The maximum Gasteiger partial charge on any atom is 0.307 e. The van der Waals surface area contributed by atoms with Gasteiger partial charge in [0.05, 0.1) is 41.8 Å². The monoisotopic (exact) mass is 1050 g/mol. The number of piperidine rings is 1. The number of hydrogen-bond acceptors (Lipinski definition) is 11. The van der Waals surface area contributed by atoms with E-state index in [4.69, 9.17) is 19.2 Å². The average Bonchev–Trinajstić information content (AvgIpc) is 3.89. The lowest BCUT2D eigenvalue weighted by atomic mass is 9.83. The van der Waals surface area contributed by atoms with Crippen molar-refractivity contribution in [1.82, 2.24) is 34.4 Å². The van der Waals surface area contributed by atoms with Gasteiger partial charge in [-0.1, -0.05) is 70.2 Å². The molecule has 16 heteroatoms. The minimum absolute atomic E-state index is 0.0771. The van der Waals surface area contributed by atoms with Crippen molar-refractivity contribution in [3.63, 3.8) is 0 Å². The third-order valence-electron chi connectivity index (χ3n) is 16.2. The van der Waals surface area contributed by atoms with Gasteiger partial charge in [-0.15, -0.1) is 0 Å². The highest BCUT2D eigenvalue weighted by molar-refractivity contribution is 6.88. The van der Waals surface area contributed by atoms with Crippen LogP contribution in [0.15, 0.2) is 79.0 Å². The van der Waals surface area contributed by atoms with Gasteiger partial charge in [-0.25, -0.2) is 0 Å². The van der Waals surface area contributed by atoms with E-state index >= 15 is 4.79 Å². The number of carbonyl (C=O) groups excluding carboxylic acids is 3. The SMILES string of the molecule is CCn1c(-c2cc(C3CCN(C)CC3)cnc2[C@H](C)OC)c2c3cc(ccc31)-c1cc(O)cc(c1)C[Si](NC(=O)[C@H](C(C)C)N(C)C[C@@H]1OCCC1c1ccccc1)C(=O)N1CCC[C@H]([Si]N1)C(=O)OCC(C)(C)C2. The van der Waals surface area contributed by atoms with Gasteiger partial charge < -0.3 is 33.8 Å². The summed E-state index contributed by atoms with van der Waals surface area (Å²) in [7, 11) is 3.37. The van der Waals surface area contributed by atoms with Gasteiger partial charge in [-0.05, 0) is 161 Å². The van der Waals surface area contributed by atoms with E-state index in [0.717, 1.165) is 82.5 Å². The van der Waals surface area contributed by atoms with E-state index in [-0.39, 0.29) is 69.5 Å². The van der Waals surface area contributed by atoms with Crippen molar-refractivity contribution in [1.29, 1.82) is 0 Å². The highest BCUT2D eigenvalue weighted by atomic mass is 28.3. The van der Waals surface area contributed by atoms with Gasteiger partial charge in [-0.2, -0.15) is 0 Å². The Labute approximate surface area is 448 Å². The van der Waals surface area contributed by atoms with Crippen molar-refractivity contribution in [3.05, 3.63) is 107 Å². The third kappa shape index (κ3) is 12.2. The quantitative estimate of drug-likeness (QED) is 0.0811. The minimum atomic E-state index is -2.43. The van der Waals surface area contributed by atoms with Gasteiger partial charge >= 0.3 is 5.97 Å². The lowest BCUT2D eigenvalue weighted by Gasteiger charge is -2.34. The summed E-state index contributed by atoms with van der Waals surface area (Å²) in [5.74, 6) is 0.114. The third-order valence-corrected chi connectivity index (χ3v) is 19.5. The first-order valence-corrected chi connectivity index (χ1v) is 30.0. The molecule has 5 atom stereocenters. The zero-order valence-electron chi connectivity index (χ0n) is 45.6. The van der Waals surface area contributed by atoms with Gasteiger partial charge in [0.1, 0.15) is 5.75 Å². The summed E-state index contributed by atoms with van der Waals surface area (Å²) >= 11 is 0. The largest absolute Gasteiger partial charge is 0.508 e. The second kappa shape index (κ2) is 23.6. The topological polar surface area (TPSA) is 151 Å². The number of aryl methyl sites for hydroxylation is 1. The first-order valence-electron chi connectivity index (χ1n) is 27.3. The van der Waals surface area contributed by atoms with E-state index in [1.165, 1.54) is 11.1 Å². The number of phenols is 1. The van der Waals surface area contributed by atoms with Crippen LogP contribution in [0, 0.1) is 11.3 Å². The number of cyclic esters (lactones) is 1. The number of aromatic hydroxyl groups is 1. The molecule has 0 aliphatic carbocycles. The molecule has 3 N–H and O–H groups in total. The molecular formula is C59H78N7O7Si2. The van der Waals surface area contributed by atoms with E-state index in [9.17, 15) is 14.7 Å². The summed E-state index contributed by atoms with van der Waals surface area (Å²) in [6.07, 6.45) is 6.48. The summed E-state index contributed by atoms with van der Waals surface area (Å²) in [6, 6.07) is 24.5. The molecule has 5 aromatic rings. The van der Waals surface area contributed by atoms with Crippen molar-refractivity contribution < 1.29 is 33.7 Å². The van der Waals surface area contributed by atoms with E-state index in [1.54, 1.807) is 24.3 Å². The van der Waals surface area contributed by atoms with Gasteiger partial charge in [0.15, 0.2) is 9.68 Å². The normalized spacial score (nSPS) is 22.3. The van der Waals surface area contributed by atoms with Crippen LogP contribution in [0.1, 0.15) is 120 Å². The second-order valence-electron chi connectivity index (χ2n) is 22.7. The summed E-state index contributed by atoms with van der Waals surface area (Å²) in [4.78, 5) is 57.0. The molecule has 75 heavy (non-hydrogen) atoms. The number of phenolic OH excluding ortho intramolecular Hbond substituents is 1. The molecule has 3 saturated heterocycles. The number of fused-ring (bicyclic) bond motifs is 7. The van der Waals surface area contributed by atoms with Gasteiger partial charge in [0.25, 0.3) is 8.96 Å². The Morgan fingerprint density at radius 1 is 1.00 bits per heavy atom. The molecule has 0 spiro atoms. The Balaban J connectivity index is 1.12. The number of nitrogens with one attached hydrogen (secondary N) is 2. The number of hydrogen-bond donors (Lipinski definition) is 3. The second-order valence-corrected chi connectivity index (χ2v) is 25.9. The minimum Gasteiger partial charge on any atom is -0.508 e. The van der Waals surface area contributed by atoms with Crippen molar-refractivity contribution in [2.45, 2.75) is 128 Å². The number of benzene rings is 3. The maximum atomic E-state index is 15.0. The fourth-order valence-electron chi connectivity index (χ4n) is 12.1. The van der Waals surface area contributed by atoms with Crippen molar-refractivity contribution >= 4 is 46.9 Å². The first kappa shape index (κ1) is 54.6. The van der Waals surface area contributed by atoms with Crippen LogP contribution in [0.25, 0.3) is 33.3 Å². The molecule has 0 saturated carbocycles. The molecule has 399 valence electrons. The van der Waals surface area contributed by atoms with Crippen LogP contribution in [-0.2, 0) is 42.8 Å². The highest BCUT2D eigenvalue weighted by Crippen LogP contribution is 2.44. The van der Waals surface area contributed by atoms with Crippen LogP contribution in [0.4, 0.5) is 4.79 Å². The lowest BCUT2D eigenvalue weighted by molar-refractivity contribution is -0.146. The predicted molar refractivity (Wildman–Crippen MR) is 298 cm³/mol. The first-order chi connectivity index (χ1) is 36.0. The number of amides is 2. The molecule has 3 aromatic carbocycles. The number of aromatic nitrogens is 2. The van der Waals surface area contributed by atoms with E-state index in [0.29, 0.717) is 51.4 Å². The number of likely N-dealkylation sites (tertiary alicyclic amines) is 1. The number of ether oxygens (including phenoxy) is 3. The van der Waals surface area contributed by atoms with E-state index < -0.39 is 26.0 Å². The Hall–Kier alpha value is -5.21. The fourth-order valence-corrected chi connectivity index (χ4v) is 15.2. The molecule has 2 aromatic heterocycles. The lowest BCUT2D eigenvalue weighted by Crippen LogP contribution is -2.61. The van der Waals surface area contributed by atoms with Crippen LogP contribution in [0.2, 0.25) is 5.54 Å². The molecule has 3 fully saturated rings. The van der Waals surface area contributed by atoms with Crippen molar-refractivity contribution in [3.8, 4) is 28.1 Å². The molecule has 4 aliphatic heterocycles. The van der Waals surface area contributed by atoms with Crippen LogP contribution < -0.4 is 10.1 Å². The van der Waals surface area contributed by atoms with Gasteiger partial charge in [0.2, 0.25) is 11.4 Å². The Bertz CT molecular complexity index is 2830. The Kier molecular flexibility index (Phi) is 17.2. The number of carbonyl (C=O) groups is 3. The van der Waals surface area contributed by atoms with Crippen molar-refractivity contribution in [2.75, 3.05) is 60.6 Å². The molecule has 3 radical (unpaired) electrons. The number of rotatable bonds is 12. The van der Waals surface area contributed by atoms with Gasteiger partial charge in [-0.3, -0.25) is 34.4 Å². The number of esters is 1. The van der Waals surface area contributed by atoms with Crippen LogP contribution in [0.5, 0.6) is 5.75 Å². The molecule has 6 bridgehead atoms. The smallest absolute Gasteiger partial charge is 0.307 e. The standard InChI is InChI=1S/C59H78N7O7Si2/c1-10-65-50-19-18-42-30-47(50)49(55(65)48-31-44(33-60-53(48)38(4)71-9)40-20-24-63(7)25-21-40)32-59(5,6)36-73-57(69)52-17-14-23-66(62-74-52)58(70)75(35-39-27-43(42)29-45(67)28-39)61-56(68)54(37(2)3)64(8)34-51-46(22-26-72-51)41-15-12-11-13-16-41/h11-13,15-16,18-19,27-31,33,37-38,40,46,51-52,54,62,67H,10,14,17,20-26,32,34-36H2,1-9H3,(H,61,68)/t38-,46?,51-,52-,54-/m0/s1. The number of methoxy groups -OCH3 is 1. The zero-order chi connectivity index (χ0) is 53.1. The Morgan fingerprint density at radius 2 is 1.77 bits per heavy atom. The summed E-state index contributed by atoms with van der Waals surface area (Å²) in [6.45, 7) is 17.2. The number of pyridine rings is 1. The maximum absolute atomic E-state index is 15.0. The molecular weight excluding hydrogens is 975 g/mol. The van der Waals surface area contributed by atoms with E-state index in [1.807, 2.05) is 27.0 Å². The molecule has 6 heterocycles. The highest BCUT2D eigenvalue weighted by Gasteiger charge is 2.39. The van der Waals surface area contributed by atoms with Gasteiger partial charge in [0, 0.05) is 67.3 Å². The summed E-state index contributed by atoms with van der Waals surface area (Å²) < 4.78 is 21.0. The summed E-state index contributed by atoms with van der Waals surface area (Å²) in [5, 5.41) is 17.6. The number of nitrogens with zero attached hydrogens (tertiary/aromatic N) is 5. The zero-order valence-corrected chi connectivity index (χ0v) is 47.6. The van der Waals surface area contributed by atoms with E-state index in [2.05, 4.69) is 120 Å².